The van der Waals surface area contributed by atoms with Crippen molar-refractivity contribution in [3.63, 3.8) is 0 Å². The summed E-state index contributed by atoms with van der Waals surface area (Å²) < 4.78 is 5.23. The first kappa shape index (κ1) is 14.2. The Morgan fingerprint density at radius 1 is 1.24 bits per heavy atom. The Bertz CT molecular complexity index is 528. The number of ether oxygens (including phenoxy) is 1. The van der Waals surface area contributed by atoms with Gasteiger partial charge in [-0.25, -0.2) is 0 Å². The minimum absolute atomic E-state index is 0.0722. The van der Waals surface area contributed by atoms with Crippen LogP contribution in [0.1, 0.15) is 48.9 Å². The highest BCUT2D eigenvalue weighted by molar-refractivity contribution is 5.99. The summed E-state index contributed by atoms with van der Waals surface area (Å²) in [5.74, 6) is 1.44. The van der Waals surface area contributed by atoms with Crippen molar-refractivity contribution < 1.29 is 9.53 Å². The second-order valence-corrected chi connectivity index (χ2v) is 6.21. The molecule has 1 aliphatic carbocycles. The summed E-state index contributed by atoms with van der Waals surface area (Å²) in [6.45, 7) is 0.858. The number of methoxy groups -OCH3 is 1. The molecule has 2 fully saturated rings. The summed E-state index contributed by atoms with van der Waals surface area (Å²) in [5, 5.41) is 0. The van der Waals surface area contributed by atoms with Gasteiger partial charge in [-0.3, -0.25) is 4.79 Å². The van der Waals surface area contributed by atoms with Gasteiger partial charge in [0, 0.05) is 18.3 Å². The second kappa shape index (κ2) is 5.96. The standard InChI is InChI=1S/C17H24N2O2/c1-21-13-8-9-15(18)14(11-13)17(20)19-10-4-6-12-5-2-3-7-16(12)19/h8-9,11-12,16H,2-7,10,18H2,1H3. The fraction of sp³-hybridized carbons (Fsp3) is 0.588. The van der Waals surface area contributed by atoms with Gasteiger partial charge in [0.1, 0.15) is 5.75 Å². The molecule has 1 aromatic rings. The minimum Gasteiger partial charge on any atom is -0.497 e. The molecule has 2 N–H and O–H groups in total. The highest BCUT2D eigenvalue weighted by Gasteiger charge is 2.36. The molecule has 2 atom stereocenters. The fourth-order valence-corrected chi connectivity index (χ4v) is 3.88. The Morgan fingerprint density at radius 2 is 2.00 bits per heavy atom. The summed E-state index contributed by atoms with van der Waals surface area (Å²) >= 11 is 0. The van der Waals surface area contributed by atoms with E-state index in [1.54, 1.807) is 25.3 Å². The average molecular weight is 288 g/mol. The Balaban J connectivity index is 1.86. The molecule has 1 aromatic carbocycles. The number of hydrogen-bond acceptors (Lipinski definition) is 3. The van der Waals surface area contributed by atoms with Crippen LogP contribution in [0.25, 0.3) is 0 Å². The molecule has 1 aliphatic heterocycles. The molecule has 1 saturated heterocycles. The zero-order valence-corrected chi connectivity index (χ0v) is 12.7. The van der Waals surface area contributed by atoms with Crippen LogP contribution in [0.15, 0.2) is 18.2 Å². The van der Waals surface area contributed by atoms with Crippen molar-refractivity contribution >= 4 is 11.6 Å². The Hall–Kier alpha value is -1.71. The van der Waals surface area contributed by atoms with Gasteiger partial charge in [0.05, 0.1) is 12.7 Å². The van der Waals surface area contributed by atoms with Crippen molar-refractivity contribution in [3.8, 4) is 5.75 Å². The van der Waals surface area contributed by atoms with Crippen molar-refractivity contribution in [3.05, 3.63) is 23.8 Å². The number of piperidine rings is 1. The number of nitrogens with zero attached hydrogens (tertiary/aromatic N) is 1. The number of hydrogen-bond donors (Lipinski definition) is 1. The normalized spacial score (nSPS) is 25.3. The molecule has 4 heteroatoms. The van der Waals surface area contributed by atoms with Gasteiger partial charge in [0.25, 0.3) is 5.91 Å². The molecular formula is C17H24N2O2. The minimum atomic E-state index is 0.0722. The molecule has 2 unspecified atom stereocenters. The van der Waals surface area contributed by atoms with E-state index < -0.39 is 0 Å². The van der Waals surface area contributed by atoms with E-state index in [9.17, 15) is 4.79 Å². The number of fused-ring (bicyclic) bond motifs is 1. The number of benzene rings is 1. The van der Waals surface area contributed by atoms with Crippen LogP contribution in [-0.2, 0) is 0 Å². The van der Waals surface area contributed by atoms with Crippen LogP contribution in [0.2, 0.25) is 0 Å². The van der Waals surface area contributed by atoms with Crippen molar-refractivity contribution in [2.45, 2.75) is 44.6 Å². The van der Waals surface area contributed by atoms with Crippen LogP contribution in [0.5, 0.6) is 5.75 Å². The van der Waals surface area contributed by atoms with E-state index in [2.05, 4.69) is 4.90 Å². The molecule has 2 aliphatic rings. The zero-order chi connectivity index (χ0) is 14.8. The maximum Gasteiger partial charge on any atom is 0.256 e. The van der Waals surface area contributed by atoms with Crippen LogP contribution in [0.3, 0.4) is 0 Å². The number of amides is 1. The third-order valence-corrected chi connectivity index (χ3v) is 4.99. The molecule has 3 rings (SSSR count). The van der Waals surface area contributed by atoms with Crippen molar-refractivity contribution in [2.24, 2.45) is 5.92 Å². The maximum atomic E-state index is 12.9. The predicted molar refractivity (Wildman–Crippen MR) is 83.4 cm³/mol. The first-order valence-electron chi connectivity index (χ1n) is 7.95. The molecule has 21 heavy (non-hydrogen) atoms. The largest absolute Gasteiger partial charge is 0.497 e. The van der Waals surface area contributed by atoms with Crippen LogP contribution in [0.4, 0.5) is 5.69 Å². The quantitative estimate of drug-likeness (QED) is 0.851. The molecule has 0 aromatic heterocycles. The van der Waals surface area contributed by atoms with Crippen LogP contribution in [0, 0.1) is 5.92 Å². The predicted octanol–water partition coefficient (Wildman–Crippen LogP) is 3.07. The van der Waals surface area contributed by atoms with Gasteiger partial charge >= 0.3 is 0 Å². The van der Waals surface area contributed by atoms with E-state index in [-0.39, 0.29) is 5.91 Å². The average Bonchev–Trinajstić information content (AvgIpc) is 2.54. The highest BCUT2D eigenvalue weighted by atomic mass is 16.5. The summed E-state index contributed by atoms with van der Waals surface area (Å²) in [5.41, 5.74) is 7.14. The number of carbonyl (C=O) groups excluding carboxylic acids is 1. The number of anilines is 1. The summed E-state index contributed by atoms with van der Waals surface area (Å²) in [6, 6.07) is 5.73. The van der Waals surface area contributed by atoms with Gasteiger partial charge in [-0.2, -0.15) is 0 Å². The van der Waals surface area contributed by atoms with Gasteiger partial charge in [-0.05, 0) is 49.8 Å². The molecule has 1 saturated carbocycles. The van der Waals surface area contributed by atoms with E-state index in [0.717, 1.165) is 19.4 Å². The van der Waals surface area contributed by atoms with Gasteiger partial charge < -0.3 is 15.4 Å². The monoisotopic (exact) mass is 288 g/mol. The second-order valence-electron chi connectivity index (χ2n) is 6.21. The summed E-state index contributed by atoms with van der Waals surface area (Å²) in [4.78, 5) is 15.0. The van der Waals surface area contributed by atoms with Crippen LogP contribution in [-0.4, -0.2) is 30.5 Å². The third kappa shape index (κ3) is 2.71. The number of carbonyl (C=O) groups is 1. The van der Waals surface area contributed by atoms with Crippen LogP contribution >= 0.6 is 0 Å². The van der Waals surface area contributed by atoms with Gasteiger partial charge in [0.2, 0.25) is 0 Å². The lowest BCUT2D eigenvalue weighted by molar-refractivity contribution is 0.0391. The van der Waals surface area contributed by atoms with Crippen molar-refractivity contribution in [1.29, 1.82) is 0 Å². The number of nitrogens with two attached hydrogens (primary N) is 1. The molecule has 1 amide bonds. The van der Waals surface area contributed by atoms with E-state index in [0.29, 0.717) is 29.0 Å². The number of rotatable bonds is 2. The lowest BCUT2D eigenvalue weighted by atomic mass is 9.78. The highest BCUT2D eigenvalue weighted by Crippen LogP contribution is 2.36. The van der Waals surface area contributed by atoms with Crippen molar-refractivity contribution in [1.82, 2.24) is 4.90 Å². The lowest BCUT2D eigenvalue weighted by Gasteiger charge is -2.44. The molecule has 4 nitrogen and oxygen atoms in total. The smallest absolute Gasteiger partial charge is 0.256 e. The fourth-order valence-electron chi connectivity index (χ4n) is 3.88. The first-order valence-corrected chi connectivity index (χ1v) is 7.95. The Kier molecular flexibility index (Phi) is 4.04. The van der Waals surface area contributed by atoms with E-state index in [1.807, 2.05) is 0 Å². The molecule has 0 spiro atoms. The van der Waals surface area contributed by atoms with E-state index in [4.69, 9.17) is 10.5 Å². The van der Waals surface area contributed by atoms with Crippen LogP contribution < -0.4 is 10.5 Å². The van der Waals surface area contributed by atoms with E-state index in [1.165, 1.54) is 25.7 Å². The van der Waals surface area contributed by atoms with Gasteiger partial charge in [0.15, 0.2) is 0 Å². The van der Waals surface area contributed by atoms with Gasteiger partial charge in [-0.1, -0.05) is 12.8 Å². The molecule has 0 radical (unpaired) electrons. The number of nitrogen functional groups attached to an aromatic ring is 1. The third-order valence-electron chi connectivity index (χ3n) is 4.99. The lowest BCUT2D eigenvalue weighted by Crippen LogP contribution is -2.49. The Labute approximate surface area is 126 Å². The van der Waals surface area contributed by atoms with Gasteiger partial charge in [-0.15, -0.1) is 0 Å². The topological polar surface area (TPSA) is 55.6 Å². The molecule has 1 heterocycles. The zero-order valence-electron chi connectivity index (χ0n) is 12.7. The Morgan fingerprint density at radius 3 is 2.81 bits per heavy atom. The molecule has 114 valence electrons. The van der Waals surface area contributed by atoms with Crippen molar-refractivity contribution in [2.75, 3.05) is 19.4 Å². The summed E-state index contributed by atoms with van der Waals surface area (Å²) in [7, 11) is 1.61. The molecule has 0 bridgehead atoms. The molecular weight excluding hydrogens is 264 g/mol. The maximum absolute atomic E-state index is 12.9. The first-order chi connectivity index (χ1) is 10.2. The van der Waals surface area contributed by atoms with E-state index >= 15 is 0 Å². The summed E-state index contributed by atoms with van der Waals surface area (Å²) in [6.07, 6.45) is 7.32. The SMILES string of the molecule is COc1ccc(N)c(C(=O)N2CCCC3CCCCC32)c1. The number of likely N-dealkylation sites (tertiary alicyclic amines) is 1.